The third-order valence-electron chi connectivity index (χ3n) is 5.44. The maximum Gasteiger partial charge on any atom is 0.176 e. The molecule has 0 aliphatic carbocycles. The molecular formula is C25H26N4S. The smallest absolute Gasteiger partial charge is 0.176 e. The van der Waals surface area contributed by atoms with E-state index >= 15 is 0 Å². The number of nitrogens with one attached hydrogen (secondary N) is 2. The van der Waals surface area contributed by atoms with Gasteiger partial charge in [0.05, 0.1) is 6.54 Å². The molecule has 0 spiro atoms. The summed E-state index contributed by atoms with van der Waals surface area (Å²) in [5, 5.41) is 14.0. The number of hydrogen-bond acceptors (Lipinski definition) is 2. The molecule has 5 heteroatoms. The first-order chi connectivity index (χ1) is 14.6. The third kappa shape index (κ3) is 4.69. The Morgan fingerprint density at radius 3 is 2.53 bits per heavy atom. The van der Waals surface area contributed by atoms with E-state index < -0.39 is 0 Å². The van der Waals surface area contributed by atoms with Crippen LogP contribution < -0.4 is 10.6 Å². The van der Waals surface area contributed by atoms with Gasteiger partial charge in [0.2, 0.25) is 0 Å². The minimum Gasteiger partial charge on any atom is -0.332 e. The molecule has 0 radical (unpaired) electrons. The van der Waals surface area contributed by atoms with Crippen LogP contribution in [-0.4, -0.2) is 14.9 Å². The highest BCUT2D eigenvalue weighted by atomic mass is 32.1. The average molecular weight is 415 g/mol. The van der Waals surface area contributed by atoms with Crippen molar-refractivity contribution in [2.24, 2.45) is 0 Å². The molecule has 30 heavy (non-hydrogen) atoms. The van der Waals surface area contributed by atoms with Gasteiger partial charge < -0.3 is 10.6 Å². The van der Waals surface area contributed by atoms with Gasteiger partial charge in [-0.05, 0) is 58.6 Å². The van der Waals surface area contributed by atoms with Gasteiger partial charge in [-0.25, -0.2) is 0 Å². The van der Waals surface area contributed by atoms with Crippen LogP contribution in [0.25, 0.3) is 10.8 Å². The van der Waals surface area contributed by atoms with E-state index in [0.29, 0.717) is 17.6 Å². The quantitative estimate of drug-likeness (QED) is 0.358. The highest BCUT2D eigenvalue weighted by Gasteiger charge is 2.06. The average Bonchev–Trinajstić information content (AvgIpc) is 3.20. The Kier molecular flexibility index (Phi) is 6.10. The number of rotatable bonds is 6. The molecule has 0 aliphatic rings. The predicted molar refractivity (Wildman–Crippen MR) is 130 cm³/mol. The van der Waals surface area contributed by atoms with Crippen molar-refractivity contribution in [2.45, 2.75) is 32.7 Å². The van der Waals surface area contributed by atoms with E-state index in [9.17, 15) is 0 Å². The lowest BCUT2D eigenvalue weighted by Crippen LogP contribution is -2.19. The van der Waals surface area contributed by atoms with Crippen molar-refractivity contribution in [2.75, 3.05) is 10.6 Å². The van der Waals surface area contributed by atoms with Crippen molar-refractivity contribution in [3.63, 3.8) is 0 Å². The summed E-state index contributed by atoms with van der Waals surface area (Å²) in [6.45, 7) is 5.15. The molecule has 4 rings (SSSR count). The summed E-state index contributed by atoms with van der Waals surface area (Å²) in [5.41, 5.74) is 3.55. The van der Waals surface area contributed by atoms with Crippen LogP contribution in [0.3, 0.4) is 0 Å². The Morgan fingerprint density at radius 1 is 0.967 bits per heavy atom. The number of hydrogen-bond donors (Lipinski definition) is 2. The summed E-state index contributed by atoms with van der Waals surface area (Å²) < 4.78 is 1.92. The zero-order chi connectivity index (χ0) is 20.9. The standard InChI is InChI=1S/C25H26N4S/c1-3-18(2)19-11-13-22(14-12-19)26-25(30)27-24-15-16-29(28-24)17-21-9-6-8-20-7-4-5-10-23(20)21/h4-16,18H,3,17H2,1-2H3,(H2,26,27,28,30)/t18-/m1/s1. The molecule has 4 nitrogen and oxygen atoms in total. The number of benzene rings is 3. The summed E-state index contributed by atoms with van der Waals surface area (Å²) in [7, 11) is 0. The summed E-state index contributed by atoms with van der Waals surface area (Å²) in [4.78, 5) is 0. The van der Waals surface area contributed by atoms with Gasteiger partial charge in [-0.3, -0.25) is 4.68 Å². The van der Waals surface area contributed by atoms with Gasteiger partial charge in [-0.15, -0.1) is 0 Å². The molecule has 2 N–H and O–H groups in total. The molecule has 1 aromatic heterocycles. The summed E-state index contributed by atoms with van der Waals surface area (Å²) in [5.74, 6) is 1.29. The van der Waals surface area contributed by atoms with E-state index in [2.05, 4.69) is 96.3 Å². The number of aromatic nitrogens is 2. The second kappa shape index (κ2) is 9.09. The van der Waals surface area contributed by atoms with Crippen LogP contribution in [0.2, 0.25) is 0 Å². The van der Waals surface area contributed by atoms with E-state index in [1.54, 1.807) is 0 Å². The fourth-order valence-corrected chi connectivity index (χ4v) is 3.75. The van der Waals surface area contributed by atoms with Gasteiger partial charge in [-0.1, -0.05) is 68.4 Å². The van der Waals surface area contributed by atoms with E-state index in [4.69, 9.17) is 12.2 Å². The Hall–Kier alpha value is -3.18. The van der Waals surface area contributed by atoms with E-state index in [1.165, 1.54) is 21.9 Å². The van der Waals surface area contributed by atoms with Crippen LogP contribution in [0.5, 0.6) is 0 Å². The highest BCUT2D eigenvalue weighted by molar-refractivity contribution is 7.80. The first-order valence-corrected chi connectivity index (χ1v) is 10.7. The van der Waals surface area contributed by atoms with Crippen molar-refractivity contribution in [1.29, 1.82) is 0 Å². The Bertz CT molecular complexity index is 1140. The van der Waals surface area contributed by atoms with Gasteiger partial charge in [0.1, 0.15) is 0 Å². The Balaban J connectivity index is 1.39. The molecule has 1 heterocycles. The summed E-state index contributed by atoms with van der Waals surface area (Å²) in [6.07, 6.45) is 3.10. The number of anilines is 2. The SMILES string of the molecule is CC[C@@H](C)c1ccc(NC(=S)Nc2ccn(Cc3cccc4ccccc34)n2)cc1. The van der Waals surface area contributed by atoms with E-state index in [0.717, 1.165) is 17.9 Å². The molecule has 0 saturated carbocycles. The van der Waals surface area contributed by atoms with Crippen molar-refractivity contribution in [3.8, 4) is 0 Å². The molecule has 0 aliphatic heterocycles. The molecule has 0 bridgehead atoms. The van der Waals surface area contributed by atoms with Gasteiger partial charge in [0, 0.05) is 18.0 Å². The van der Waals surface area contributed by atoms with Crippen LogP contribution in [0.15, 0.2) is 79.0 Å². The van der Waals surface area contributed by atoms with Gasteiger partial charge in [0.15, 0.2) is 10.9 Å². The largest absolute Gasteiger partial charge is 0.332 e. The van der Waals surface area contributed by atoms with Crippen molar-refractivity contribution < 1.29 is 0 Å². The van der Waals surface area contributed by atoms with Crippen LogP contribution in [0.1, 0.15) is 37.3 Å². The lowest BCUT2D eigenvalue weighted by atomic mass is 9.99. The molecule has 0 saturated heterocycles. The van der Waals surface area contributed by atoms with Crippen molar-refractivity contribution >= 4 is 39.6 Å². The third-order valence-corrected chi connectivity index (χ3v) is 5.65. The molecule has 0 amide bonds. The predicted octanol–water partition coefficient (Wildman–Crippen LogP) is 6.41. The summed E-state index contributed by atoms with van der Waals surface area (Å²) >= 11 is 5.46. The van der Waals surface area contributed by atoms with Crippen molar-refractivity contribution in [1.82, 2.24) is 9.78 Å². The van der Waals surface area contributed by atoms with Crippen LogP contribution in [-0.2, 0) is 6.54 Å². The van der Waals surface area contributed by atoms with Crippen molar-refractivity contribution in [3.05, 3.63) is 90.1 Å². The topological polar surface area (TPSA) is 41.9 Å². The zero-order valence-electron chi connectivity index (χ0n) is 17.3. The molecular weight excluding hydrogens is 388 g/mol. The first kappa shape index (κ1) is 20.1. The fourth-order valence-electron chi connectivity index (χ4n) is 3.53. The number of nitrogens with zero attached hydrogens (tertiary/aromatic N) is 2. The molecule has 3 aromatic carbocycles. The Labute approximate surface area is 182 Å². The molecule has 1 atom stereocenters. The lowest BCUT2D eigenvalue weighted by molar-refractivity contribution is 0.693. The number of thiocarbonyl (C=S) groups is 1. The van der Waals surface area contributed by atoms with E-state index in [1.807, 2.05) is 16.9 Å². The highest BCUT2D eigenvalue weighted by Crippen LogP contribution is 2.21. The van der Waals surface area contributed by atoms with Gasteiger partial charge in [-0.2, -0.15) is 5.10 Å². The lowest BCUT2D eigenvalue weighted by Gasteiger charge is -2.12. The minimum absolute atomic E-state index is 0.529. The number of fused-ring (bicyclic) bond motifs is 1. The minimum atomic E-state index is 0.529. The maximum absolute atomic E-state index is 5.46. The van der Waals surface area contributed by atoms with Crippen LogP contribution in [0, 0.1) is 0 Å². The van der Waals surface area contributed by atoms with E-state index in [-0.39, 0.29) is 0 Å². The second-order valence-electron chi connectivity index (χ2n) is 7.55. The maximum atomic E-state index is 5.46. The monoisotopic (exact) mass is 414 g/mol. The zero-order valence-corrected chi connectivity index (χ0v) is 18.1. The fraction of sp³-hybridized carbons (Fsp3) is 0.200. The molecule has 4 aromatic rings. The van der Waals surface area contributed by atoms with Crippen LogP contribution in [0.4, 0.5) is 11.5 Å². The molecule has 0 fully saturated rings. The summed E-state index contributed by atoms with van der Waals surface area (Å²) in [6, 6.07) is 25.2. The Morgan fingerprint density at radius 2 is 1.73 bits per heavy atom. The normalized spacial score (nSPS) is 11.9. The van der Waals surface area contributed by atoms with Gasteiger partial charge >= 0.3 is 0 Å². The molecule has 0 unspecified atom stereocenters. The van der Waals surface area contributed by atoms with Gasteiger partial charge in [0.25, 0.3) is 0 Å². The first-order valence-electron chi connectivity index (χ1n) is 10.3. The second-order valence-corrected chi connectivity index (χ2v) is 7.96. The van der Waals surface area contributed by atoms with Crippen LogP contribution >= 0.6 is 12.2 Å². The molecule has 152 valence electrons.